The van der Waals surface area contributed by atoms with Crippen LogP contribution in [0.5, 0.6) is 0 Å². The average Bonchev–Trinajstić information content (AvgIpc) is 2.92. The fourth-order valence-corrected chi connectivity index (χ4v) is 5.62. The van der Waals surface area contributed by atoms with Gasteiger partial charge in [-0.3, -0.25) is 9.59 Å². The SMILES string of the molecule is CCC1OC(=O)OC(C(O)CC(C)C=CC=C(C)C2OC(=O)CC(O)CCC(C)(OC(N)=O)C(OC(C)=O)C=CC2C)C1C. The minimum Gasteiger partial charge on any atom is -0.457 e. The zero-order valence-corrected chi connectivity index (χ0v) is 26.8. The average molecular weight is 624 g/mol. The molecule has 0 bridgehead atoms. The van der Waals surface area contributed by atoms with Gasteiger partial charge in [-0.15, -0.1) is 0 Å². The summed E-state index contributed by atoms with van der Waals surface area (Å²) in [6, 6.07) is 0. The number of carbonyl (C=O) groups excluding carboxylic acids is 4. The van der Waals surface area contributed by atoms with E-state index in [2.05, 4.69) is 0 Å². The van der Waals surface area contributed by atoms with Crippen molar-refractivity contribution in [1.82, 2.24) is 0 Å². The van der Waals surface area contributed by atoms with Gasteiger partial charge in [0, 0.05) is 18.8 Å². The van der Waals surface area contributed by atoms with E-state index < -0.39 is 66.2 Å². The van der Waals surface area contributed by atoms with Crippen molar-refractivity contribution in [2.75, 3.05) is 0 Å². The van der Waals surface area contributed by atoms with E-state index in [0.717, 1.165) is 0 Å². The van der Waals surface area contributed by atoms with E-state index in [0.29, 0.717) is 18.4 Å². The highest BCUT2D eigenvalue weighted by molar-refractivity contribution is 5.70. The molecule has 1 amide bonds. The molecule has 248 valence electrons. The number of amides is 1. The second-order valence-corrected chi connectivity index (χ2v) is 12.1. The van der Waals surface area contributed by atoms with Gasteiger partial charge in [-0.2, -0.15) is 0 Å². The van der Waals surface area contributed by atoms with Crippen molar-refractivity contribution in [3.05, 3.63) is 36.0 Å². The van der Waals surface area contributed by atoms with Gasteiger partial charge in [0.1, 0.15) is 18.3 Å². The third-order valence-corrected chi connectivity index (χ3v) is 8.16. The maximum atomic E-state index is 12.8. The molecule has 2 heterocycles. The van der Waals surface area contributed by atoms with Crippen LogP contribution in [0.1, 0.15) is 80.6 Å². The minimum absolute atomic E-state index is 0.0525. The Bertz CT molecular complexity index is 1100. The molecule has 44 heavy (non-hydrogen) atoms. The number of rotatable bonds is 9. The molecule has 4 N–H and O–H groups in total. The van der Waals surface area contributed by atoms with Crippen molar-refractivity contribution in [3.63, 3.8) is 0 Å². The summed E-state index contributed by atoms with van der Waals surface area (Å²) in [5.41, 5.74) is 4.61. The number of aliphatic hydroxyl groups excluding tert-OH is 2. The standard InChI is InChI=1S/C32H49NO11/c1-8-25-21(5)29(43-31(39)41-25)24(36)16-18(2)10-9-11-19(3)28-20(4)12-13-26(40-22(6)34)32(7,44-30(33)38)15-14-23(35)17-27(37)42-28/h9-13,18,20-21,23-26,28-29,35-36H,8,14-17H2,1-7H3,(H2,33,38). The molecule has 0 spiro atoms. The summed E-state index contributed by atoms with van der Waals surface area (Å²) in [5.74, 6) is -1.85. The van der Waals surface area contributed by atoms with E-state index in [1.165, 1.54) is 6.92 Å². The number of primary amides is 1. The predicted molar refractivity (Wildman–Crippen MR) is 160 cm³/mol. The lowest BCUT2D eigenvalue weighted by Gasteiger charge is -2.37. The van der Waals surface area contributed by atoms with Gasteiger partial charge in [-0.05, 0) is 57.1 Å². The summed E-state index contributed by atoms with van der Waals surface area (Å²) in [6.07, 6.45) is 3.04. The van der Waals surface area contributed by atoms with Crippen LogP contribution in [0.2, 0.25) is 0 Å². The number of aliphatic hydroxyl groups is 2. The van der Waals surface area contributed by atoms with E-state index in [-0.39, 0.29) is 37.2 Å². The first-order valence-electron chi connectivity index (χ1n) is 15.2. The summed E-state index contributed by atoms with van der Waals surface area (Å²) in [4.78, 5) is 48.2. The van der Waals surface area contributed by atoms with Crippen LogP contribution in [0.4, 0.5) is 9.59 Å². The van der Waals surface area contributed by atoms with Crippen LogP contribution in [-0.4, -0.2) is 76.6 Å². The zero-order chi connectivity index (χ0) is 33.2. The first kappa shape index (κ1) is 36.8. The van der Waals surface area contributed by atoms with Crippen LogP contribution < -0.4 is 5.73 Å². The molecule has 10 atom stereocenters. The highest BCUT2D eigenvalue weighted by atomic mass is 16.7. The van der Waals surface area contributed by atoms with Crippen LogP contribution in [0.3, 0.4) is 0 Å². The zero-order valence-electron chi connectivity index (χ0n) is 26.8. The maximum absolute atomic E-state index is 12.8. The molecule has 1 fully saturated rings. The molecule has 12 heteroatoms. The molecular weight excluding hydrogens is 574 g/mol. The Kier molecular flexibility index (Phi) is 13.9. The van der Waals surface area contributed by atoms with Crippen LogP contribution in [0, 0.1) is 17.8 Å². The van der Waals surface area contributed by atoms with Gasteiger partial charge in [-0.1, -0.05) is 52.0 Å². The molecule has 2 aliphatic rings. The fourth-order valence-electron chi connectivity index (χ4n) is 5.62. The molecule has 0 aromatic heterocycles. The van der Waals surface area contributed by atoms with Gasteiger partial charge in [-0.25, -0.2) is 9.59 Å². The molecule has 2 rings (SSSR count). The Morgan fingerprint density at radius 1 is 1.18 bits per heavy atom. The minimum atomic E-state index is -1.39. The lowest BCUT2D eigenvalue weighted by atomic mass is 9.87. The van der Waals surface area contributed by atoms with Crippen LogP contribution >= 0.6 is 0 Å². The van der Waals surface area contributed by atoms with Gasteiger partial charge in [0.2, 0.25) is 0 Å². The molecule has 12 nitrogen and oxygen atoms in total. The monoisotopic (exact) mass is 623 g/mol. The van der Waals surface area contributed by atoms with E-state index in [1.807, 2.05) is 33.8 Å². The third kappa shape index (κ3) is 11.0. The van der Waals surface area contributed by atoms with E-state index in [4.69, 9.17) is 29.4 Å². The lowest BCUT2D eigenvalue weighted by molar-refractivity contribution is -0.157. The highest BCUT2D eigenvalue weighted by Gasteiger charge is 2.41. The number of nitrogens with two attached hydrogens (primary N) is 1. The van der Waals surface area contributed by atoms with Gasteiger partial charge < -0.3 is 39.6 Å². The van der Waals surface area contributed by atoms with Gasteiger partial charge >= 0.3 is 24.2 Å². The molecular formula is C32H49NO11. The van der Waals surface area contributed by atoms with Crippen molar-refractivity contribution < 1.29 is 53.1 Å². The number of hydrogen-bond donors (Lipinski definition) is 3. The molecule has 0 radical (unpaired) electrons. The Hall–Kier alpha value is -3.38. The number of allylic oxidation sites excluding steroid dienone is 3. The third-order valence-electron chi connectivity index (χ3n) is 8.16. The van der Waals surface area contributed by atoms with Gasteiger partial charge in [0.05, 0.1) is 18.6 Å². The largest absolute Gasteiger partial charge is 0.508 e. The van der Waals surface area contributed by atoms with Crippen molar-refractivity contribution in [2.45, 2.75) is 123 Å². The smallest absolute Gasteiger partial charge is 0.457 e. The first-order chi connectivity index (χ1) is 20.6. The van der Waals surface area contributed by atoms with Crippen LogP contribution in [0.15, 0.2) is 36.0 Å². The van der Waals surface area contributed by atoms with E-state index in [9.17, 15) is 29.4 Å². The second kappa shape index (κ2) is 16.6. The van der Waals surface area contributed by atoms with Crippen LogP contribution in [-0.2, 0) is 33.3 Å². The quantitative estimate of drug-likeness (QED) is 0.144. The summed E-state index contributed by atoms with van der Waals surface area (Å²) in [6.45, 7) is 12.1. The van der Waals surface area contributed by atoms with Crippen LogP contribution in [0.25, 0.3) is 0 Å². The topological polar surface area (TPSA) is 181 Å². The lowest BCUT2D eigenvalue weighted by Crippen LogP contribution is -2.48. The molecule has 0 saturated carbocycles. The number of hydrogen-bond acceptors (Lipinski definition) is 11. The Balaban J connectivity index is 2.24. The summed E-state index contributed by atoms with van der Waals surface area (Å²) < 4.78 is 27.1. The Morgan fingerprint density at radius 3 is 2.48 bits per heavy atom. The fraction of sp³-hybridized carbons (Fsp3) is 0.688. The van der Waals surface area contributed by atoms with Crippen molar-refractivity contribution in [1.29, 1.82) is 0 Å². The Morgan fingerprint density at radius 2 is 1.86 bits per heavy atom. The molecule has 2 aliphatic heterocycles. The number of esters is 2. The molecule has 0 aromatic carbocycles. The Labute approximate surface area is 259 Å². The van der Waals surface area contributed by atoms with Crippen molar-refractivity contribution in [2.24, 2.45) is 23.5 Å². The summed E-state index contributed by atoms with van der Waals surface area (Å²) in [5, 5.41) is 21.4. The number of ether oxygens (including phenoxy) is 5. The predicted octanol–water partition coefficient (Wildman–Crippen LogP) is 4.26. The van der Waals surface area contributed by atoms with Crippen molar-refractivity contribution in [3.8, 4) is 0 Å². The molecule has 10 unspecified atom stereocenters. The van der Waals surface area contributed by atoms with Gasteiger partial charge in [0.15, 0.2) is 11.7 Å². The van der Waals surface area contributed by atoms with Crippen molar-refractivity contribution >= 4 is 24.2 Å². The number of cyclic esters (lactones) is 3. The van der Waals surface area contributed by atoms with E-state index in [1.54, 1.807) is 38.2 Å². The second-order valence-electron chi connectivity index (χ2n) is 12.1. The van der Waals surface area contributed by atoms with E-state index >= 15 is 0 Å². The molecule has 1 saturated heterocycles. The summed E-state index contributed by atoms with van der Waals surface area (Å²) >= 11 is 0. The summed E-state index contributed by atoms with van der Waals surface area (Å²) in [7, 11) is 0. The van der Waals surface area contributed by atoms with Gasteiger partial charge in [0.25, 0.3) is 0 Å². The first-order valence-corrected chi connectivity index (χ1v) is 15.2. The highest BCUT2D eigenvalue weighted by Crippen LogP contribution is 2.31. The number of carbonyl (C=O) groups is 4. The maximum Gasteiger partial charge on any atom is 0.508 e. The normalized spacial score (nSPS) is 33.6. The molecule has 0 aromatic rings. The molecule has 0 aliphatic carbocycles.